The van der Waals surface area contributed by atoms with E-state index in [0.29, 0.717) is 44.2 Å². The van der Waals surface area contributed by atoms with E-state index in [0.717, 1.165) is 16.5 Å². The summed E-state index contributed by atoms with van der Waals surface area (Å²) < 4.78 is 10.8. The second kappa shape index (κ2) is 7.90. The van der Waals surface area contributed by atoms with Gasteiger partial charge in [-0.2, -0.15) is 0 Å². The molecule has 0 saturated carbocycles. The average molecular weight is 381 g/mol. The van der Waals surface area contributed by atoms with E-state index in [4.69, 9.17) is 9.15 Å². The lowest BCUT2D eigenvalue weighted by Gasteiger charge is -2.32. The molecule has 3 aromatic rings. The van der Waals surface area contributed by atoms with Gasteiger partial charge in [-0.25, -0.2) is 4.79 Å². The van der Waals surface area contributed by atoms with Crippen molar-refractivity contribution in [2.75, 3.05) is 26.3 Å². The number of nitrogens with zero attached hydrogens (tertiary/aromatic N) is 2. The molecule has 1 saturated heterocycles. The Kier molecular flexibility index (Phi) is 5.16. The van der Waals surface area contributed by atoms with Gasteiger partial charge in [0, 0.05) is 18.7 Å². The Bertz CT molecular complexity index is 1020. The third-order valence-corrected chi connectivity index (χ3v) is 5.01. The SMILES string of the molecule is Cc1cccc2cc(CN(Cc3ccco3)C(=O)N3CCOCC3)c(=O)[nH]c12. The summed E-state index contributed by atoms with van der Waals surface area (Å²) in [5.74, 6) is 0.676. The first-order valence-electron chi connectivity index (χ1n) is 9.37. The zero-order valence-electron chi connectivity index (χ0n) is 15.8. The van der Waals surface area contributed by atoms with Crippen molar-refractivity contribution in [2.24, 2.45) is 0 Å². The molecule has 1 fully saturated rings. The Morgan fingerprint density at radius 1 is 1.18 bits per heavy atom. The molecule has 7 heteroatoms. The number of carbonyl (C=O) groups is 1. The van der Waals surface area contributed by atoms with Crippen LogP contribution >= 0.6 is 0 Å². The van der Waals surface area contributed by atoms with Crippen molar-refractivity contribution in [1.82, 2.24) is 14.8 Å². The molecule has 1 aliphatic heterocycles. The van der Waals surface area contributed by atoms with Gasteiger partial charge in [0.25, 0.3) is 5.56 Å². The first-order chi connectivity index (χ1) is 13.6. The van der Waals surface area contributed by atoms with Gasteiger partial charge in [-0.1, -0.05) is 18.2 Å². The highest BCUT2D eigenvalue weighted by Gasteiger charge is 2.24. The fraction of sp³-hybridized carbons (Fsp3) is 0.333. The van der Waals surface area contributed by atoms with E-state index < -0.39 is 0 Å². The minimum absolute atomic E-state index is 0.122. The van der Waals surface area contributed by atoms with Crippen LogP contribution in [-0.2, 0) is 17.8 Å². The molecule has 0 spiro atoms. The molecule has 2 aromatic heterocycles. The fourth-order valence-corrected chi connectivity index (χ4v) is 3.49. The molecule has 3 heterocycles. The number of para-hydroxylation sites is 1. The van der Waals surface area contributed by atoms with Gasteiger partial charge in [-0.15, -0.1) is 0 Å². The number of carbonyl (C=O) groups excluding carboxylic acids is 1. The Morgan fingerprint density at radius 2 is 2.00 bits per heavy atom. The quantitative estimate of drug-likeness (QED) is 0.754. The van der Waals surface area contributed by atoms with Gasteiger partial charge in [-0.3, -0.25) is 4.79 Å². The number of aromatic nitrogens is 1. The number of aryl methyl sites for hydroxylation is 1. The number of nitrogens with one attached hydrogen (secondary N) is 1. The predicted octanol–water partition coefficient (Wildman–Crippen LogP) is 2.88. The number of benzene rings is 1. The molecule has 2 amide bonds. The third-order valence-electron chi connectivity index (χ3n) is 5.01. The van der Waals surface area contributed by atoms with E-state index in [9.17, 15) is 9.59 Å². The van der Waals surface area contributed by atoms with E-state index in [2.05, 4.69) is 4.98 Å². The number of amides is 2. The predicted molar refractivity (Wildman–Crippen MR) is 105 cm³/mol. The normalized spacial score (nSPS) is 14.4. The molecule has 0 unspecified atom stereocenters. The molecule has 1 aliphatic rings. The first kappa shape index (κ1) is 18.3. The summed E-state index contributed by atoms with van der Waals surface area (Å²) in [4.78, 5) is 32.1. The van der Waals surface area contributed by atoms with E-state index in [1.165, 1.54) is 0 Å². The number of morpholine rings is 1. The van der Waals surface area contributed by atoms with Gasteiger partial charge in [0.2, 0.25) is 0 Å². The Balaban J connectivity index is 1.64. The highest BCUT2D eigenvalue weighted by molar-refractivity contribution is 5.82. The summed E-state index contributed by atoms with van der Waals surface area (Å²) in [6.07, 6.45) is 1.58. The molecule has 0 atom stereocenters. The molecule has 0 bridgehead atoms. The Hall–Kier alpha value is -3.06. The van der Waals surface area contributed by atoms with E-state index in [1.54, 1.807) is 22.1 Å². The van der Waals surface area contributed by atoms with Crippen LogP contribution in [0, 0.1) is 6.92 Å². The first-order valence-corrected chi connectivity index (χ1v) is 9.37. The summed E-state index contributed by atoms with van der Waals surface area (Å²) >= 11 is 0. The van der Waals surface area contributed by atoms with E-state index in [1.807, 2.05) is 37.3 Å². The summed E-state index contributed by atoms with van der Waals surface area (Å²) in [7, 11) is 0. The Labute approximate surface area is 162 Å². The van der Waals surface area contributed by atoms with Crippen molar-refractivity contribution in [3.8, 4) is 0 Å². The van der Waals surface area contributed by atoms with Crippen LogP contribution in [0.3, 0.4) is 0 Å². The number of hydrogen-bond acceptors (Lipinski definition) is 4. The lowest BCUT2D eigenvalue weighted by Crippen LogP contribution is -2.48. The topological polar surface area (TPSA) is 78.8 Å². The number of ether oxygens (including phenoxy) is 1. The summed E-state index contributed by atoms with van der Waals surface area (Å²) in [5, 5.41) is 0.950. The molecule has 1 N–H and O–H groups in total. The van der Waals surface area contributed by atoms with Crippen molar-refractivity contribution < 1.29 is 13.9 Å². The third kappa shape index (κ3) is 3.80. The van der Waals surface area contributed by atoms with Crippen LogP contribution in [0.5, 0.6) is 0 Å². The van der Waals surface area contributed by atoms with Gasteiger partial charge in [-0.05, 0) is 36.1 Å². The number of rotatable bonds is 4. The number of furan rings is 1. The maximum Gasteiger partial charge on any atom is 0.320 e. The number of aromatic amines is 1. The highest BCUT2D eigenvalue weighted by Crippen LogP contribution is 2.18. The monoisotopic (exact) mass is 381 g/mol. The minimum Gasteiger partial charge on any atom is -0.467 e. The van der Waals surface area contributed by atoms with Crippen molar-refractivity contribution in [2.45, 2.75) is 20.0 Å². The molecule has 28 heavy (non-hydrogen) atoms. The molecule has 146 valence electrons. The second-order valence-electron chi connectivity index (χ2n) is 6.98. The van der Waals surface area contributed by atoms with Gasteiger partial charge < -0.3 is 23.9 Å². The van der Waals surface area contributed by atoms with Crippen LogP contribution in [0.25, 0.3) is 10.9 Å². The smallest absolute Gasteiger partial charge is 0.320 e. The number of hydrogen-bond donors (Lipinski definition) is 1. The second-order valence-corrected chi connectivity index (χ2v) is 6.98. The molecule has 7 nitrogen and oxygen atoms in total. The lowest BCUT2D eigenvalue weighted by atomic mass is 10.1. The van der Waals surface area contributed by atoms with Crippen molar-refractivity contribution in [3.05, 3.63) is 69.9 Å². The van der Waals surface area contributed by atoms with Crippen molar-refractivity contribution in [3.63, 3.8) is 0 Å². The average Bonchev–Trinajstić information content (AvgIpc) is 3.22. The fourth-order valence-electron chi connectivity index (χ4n) is 3.49. The molecule has 0 radical (unpaired) electrons. The van der Waals surface area contributed by atoms with Crippen LogP contribution < -0.4 is 5.56 Å². The summed E-state index contributed by atoms with van der Waals surface area (Å²) in [6.45, 7) is 4.60. The van der Waals surface area contributed by atoms with Crippen molar-refractivity contribution >= 4 is 16.9 Å². The maximum atomic E-state index is 13.1. The molecule has 0 aliphatic carbocycles. The number of urea groups is 1. The molecular weight excluding hydrogens is 358 g/mol. The van der Waals surface area contributed by atoms with Crippen LogP contribution in [0.1, 0.15) is 16.9 Å². The van der Waals surface area contributed by atoms with Crippen LogP contribution in [0.15, 0.2) is 51.9 Å². The summed E-state index contributed by atoms with van der Waals surface area (Å²) in [5.41, 5.74) is 2.21. The van der Waals surface area contributed by atoms with Crippen molar-refractivity contribution in [1.29, 1.82) is 0 Å². The van der Waals surface area contributed by atoms with E-state index >= 15 is 0 Å². The molecule has 4 rings (SSSR count). The number of H-pyrrole nitrogens is 1. The lowest BCUT2D eigenvalue weighted by molar-refractivity contribution is 0.0412. The minimum atomic E-state index is -0.180. The highest BCUT2D eigenvalue weighted by atomic mass is 16.5. The number of fused-ring (bicyclic) bond motifs is 1. The van der Waals surface area contributed by atoms with Crippen LogP contribution in [0.4, 0.5) is 4.79 Å². The standard InChI is InChI=1S/C21H23N3O4/c1-15-4-2-5-16-12-17(20(25)22-19(15)16)13-24(14-18-6-3-9-28-18)21(26)23-7-10-27-11-8-23/h2-6,9,12H,7-8,10-11,13-14H2,1H3,(H,22,25). The van der Waals surface area contributed by atoms with Gasteiger partial charge in [0.15, 0.2) is 0 Å². The largest absolute Gasteiger partial charge is 0.467 e. The molecular formula is C21H23N3O4. The van der Waals surface area contributed by atoms with Gasteiger partial charge in [0.1, 0.15) is 5.76 Å². The van der Waals surface area contributed by atoms with Crippen LogP contribution in [-0.4, -0.2) is 47.1 Å². The maximum absolute atomic E-state index is 13.1. The summed E-state index contributed by atoms with van der Waals surface area (Å²) in [6, 6.07) is 11.2. The van der Waals surface area contributed by atoms with E-state index in [-0.39, 0.29) is 18.1 Å². The molecule has 1 aromatic carbocycles. The number of pyridine rings is 1. The zero-order chi connectivity index (χ0) is 19.5. The van der Waals surface area contributed by atoms with Gasteiger partial charge >= 0.3 is 6.03 Å². The van der Waals surface area contributed by atoms with Crippen LogP contribution in [0.2, 0.25) is 0 Å². The van der Waals surface area contributed by atoms with Gasteiger partial charge in [0.05, 0.1) is 38.1 Å². The zero-order valence-corrected chi connectivity index (χ0v) is 15.8. The Morgan fingerprint density at radius 3 is 2.75 bits per heavy atom.